The molecule has 1 unspecified atom stereocenters. The first-order valence-corrected chi connectivity index (χ1v) is 8.70. The average molecular weight is 345 g/mol. The summed E-state index contributed by atoms with van der Waals surface area (Å²) in [5.41, 5.74) is 4.41. The first kappa shape index (κ1) is 19.6. The van der Waals surface area contributed by atoms with Crippen LogP contribution >= 0.6 is 0 Å². The van der Waals surface area contributed by atoms with Crippen LogP contribution in [0.25, 0.3) is 0 Å². The van der Waals surface area contributed by atoms with Gasteiger partial charge in [0.25, 0.3) is 0 Å². The van der Waals surface area contributed by atoms with Crippen molar-refractivity contribution in [3.63, 3.8) is 0 Å². The summed E-state index contributed by atoms with van der Waals surface area (Å²) in [6.45, 7) is 7.35. The first-order chi connectivity index (χ1) is 12.1. The van der Waals surface area contributed by atoms with Gasteiger partial charge in [-0.15, -0.1) is 0 Å². The Morgan fingerprint density at radius 3 is 2.44 bits per heavy atom. The fourth-order valence-electron chi connectivity index (χ4n) is 3.09. The minimum atomic E-state index is -0.218. The SMILES string of the molecule is COCCNCC(COCc1ccccc1F)c1c(C)cccc1C. The maximum absolute atomic E-state index is 13.7. The second-order valence-electron chi connectivity index (χ2n) is 6.31. The molecule has 0 aliphatic carbocycles. The van der Waals surface area contributed by atoms with Gasteiger partial charge in [0.05, 0.1) is 19.8 Å². The molecule has 4 heteroatoms. The lowest BCUT2D eigenvalue weighted by atomic mass is 9.91. The lowest BCUT2D eigenvalue weighted by Gasteiger charge is -2.22. The van der Waals surface area contributed by atoms with Gasteiger partial charge in [-0.1, -0.05) is 36.4 Å². The monoisotopic (exact) mass is 345 g/mol. The summed E-state index contributed by atoms with van der Waals surface area (Å²) in [7, 11) is 1.70. The van der Waals surface area contributed by atoms with E-state index in [1.807, 2.05) is 6.07 Å². The molecule has 0 bridgehead atoms. The van der Waals surface area contributed by atoms with Crippen LogP contribution in [-0.2, 0) is 16.1 Å². The number of hydrogen-bond acceptors (Lipinski definition) is 3. The predicted molar refractivity (Wildman–Crippen MR) is 99.5 cm³/mol. The molecular weight excluding hydrogens is 317 g/mol. The smallest absolute Gasteiger partial charge is 0.128 e. The zero-order valence-electron chi connectivity index (χ0n) is 15.3. The van der Waals surface area contributed by atoms with E-state index in [1.165, 1.54) is 22.8 Å². The molecule has 0 amide bonds. The number of aryl methyl sites for hydroxylation is 2. The summed E-state index contributed by atoms with van der Waals surface area (Å²) in [5.74, 6) is -0.00540. The summed E-state index contributed by atoms with van der Waals surface area (Å²) >= 11 is 0. The number of benzene rings is 2. The van der Waals surface area contributed by atoms with Crippen LogP contribution < -0.4 is 5.32 Å². The highest BCUT2D eigenvalue weighted by Crippen LogP contribution is 2.24. The van der Waals surface area contributed by atoms with E-state index in [0.717, 1.165) is 13.1 Å². The lowest BCUT2D eigenvalue weighted by molar-refractivity contribution is 0.103. The minimum absolute atomic E-state index is 0.213. The van der Waals surface area contributed by atoms with Gasteiger partial charge >= 0.3 is 0 Å². The molecule has 1 N–H and O–H groups in total. The molecule has 2 aromatic rings. The van der Waals surface area contributed by atoms with E-state index in [4.69, 9.17) is 9.47 Å². The molecule has 0 saturated carbocycles. The molecule has 0 aliphatic heterocycles. The molecule has 0 radical (unpaired) electrons. The molecule has 0 fully saturated rings. The number of methoxy groups -OCH3 is 1. The van der Waals surface area contributed by atoms with Crippen LogP contribution in [0, 0.1) is 19.7 Å². The number of rotatable bonds is 10. The van der Waals surface area contributed by atoms with Crippen molar-refractivity contribution in [2.45, 2.75) is 26.4 Å². The lowest BCUT2D eigenvalue weighted by Crippen LogP contribution is -2.28. The van der Waals surface area contributed by atoms with Gasteiger partial charge in [0.2, 0.25) is 0 Å². The average Bonchev–Trinajstić information content (AvgIpc) is 2.59. The van der Waals surface area contributed by atoms with Crippen molar-refractivity contribution in [2.24, 2.45) is 0 Å². The third-order valence-corrected chi connectivity index (χ3v) is 4.36. The Labute approximate surface area is 150 Å². The van der Waals surface area contributed by atoms with Gasteiger partial charge in [-0.3, -0.25) is 0 Å². The Hall–Kier alpha value is -1.75. The molecule has 1 atom stereocenters. The number of halogens is 1. The predicted octanol–water partition coefficient (Wildman–Crippen LogP) is 3.98. The maximum Gasteiger partial charge on any atom is 0.128 e. The molecule has 0 aliphatic rings. The molecule has 136 valence electrons. The number of hydrogen-bond donors (Lipinski definition) is 1. The molecule has 0 aromatic heterocycles. The van der Waals surface area contributed by atoms with Gasteiger partial charge in [-0.25, -0.2) is 4.39 Å². The van der Waals surface area contributed by atoms with Crippen molar-refractivity contribution in [3.05, 3.63) is 70.5 Å². The van der Waals surface area contributed by atoms with Gasteiger partial charge in [0.1, 0.15) is 5.82 Å². The fourth-order valence-corrected chi connectivity index (χ4v) is 3.09. The zero-order chi connectivity index (χ0) is 18.1. The van der Waals surface area contributed by atoms with E-state index < -0.39 is 0 Å². The topological polar surface area (TPSA) is 30.5 Å². The molecule has 2 rings (SSSR count). The molecule has 0 heterocycles. The fraction of sp³-hybridized carbons (Fsp3) is 0.429. The van der Waals surface area contributed by atoms with Gasteiger partial charge in [0, 0.05) is 31.7 Å². The first-order valence-electron chi connectivity index (χ1n) is 8.70. The van der Waals surface area contributed by atoms with E-state index in [1.54, 1.807) is 19.2 Å². The molecular formula is C21H28FNO2. The Morgan fingerprint density at radius 1 is 1.04 bits per heavy atom. The maximum atomic E-state index is 13.7. The summed E-state index contributed by atoms with van der Waals surface area (Å²) in [6.07, 6.45) is 0. The van der Waals surface area contributed by atoms with E-state index in [0.29, 0.717) is 18.8 Å². The van der Waals surface area contributed by atoms with E-state index in [-0.39, 0.29) is 18.3 Å². The van der Waals surface area contributed by atoms with Gasteiger partial charge in [-0.05, 0) is 36.6 Å². The van der Waals surface area contributed by atoms with Crippen LogP contribution in [0.1, 0.15) is 28.2 Å². The minimum Gasteiger partial charge on any atom is -0.383 e. The van der Waals surface area contributed by atoms with Gasteiger partial charge in [-0.2, -0.15) is 0 Å². The van der Waals surface area contributed by atoms with Crippen LogP contribution in [0.3, 0.4) is 0 Å². The highest BCUT2D eigenvalue weighted by atomic mass is 19.1. The Kier molecular flexibility index (Phi) is 8.06. The summed E-state index contributed by atoms with van der Waals surface area (Å²) in [5, 5.41) is 3.42. The second kappa shape index (κ2) is 10.3. The third kappa shape index (κ3) is 5.92. The van der Waals surface area contributed by atoms with Crippen molar-refractivity contribution < 1.29 is 13.9 Å². The van der Waals surface area contributed by atoms with Crippen LogP contribution in [-0.4, -0.2) is 33.4 Å². The van der Waals surface area contributed by atoms with Crippen molar-refractivity contribution >= 4 is 0 Å². The van der Waals surface area contributed by atoms with Crippen LogP contribution in [0.5, 0.6) is 0 Å². The summed E-state index contributed by atoms with van der Waals surface area (Å²) in [4.78, 5) is 0. The molecule has 25 heavy (non-hydrogen) atoms. The summed E-state index contributed by atoms with van der Waals surface area (Å²) in [6, 6.07) is 13.1. The Morgan fingerprint density at radius 2 is 1.76 bits per heavy atom. The third-order valence-electron chi connectivity index (χ3n) is 4.36. The standard InChI is InChI=1S/C21H28FNO2/c1-16-7-6-8-17(2)21(16)19(13-23-11-12-24-3)15-25-14-18-9-4-5-10-20(18)22/h4-10,19,23H,11-15H2,1-3H3. The Bertz CT molecular complexity index is 640. The van der Waals surface area contributed by atoms with Crippen molar-refractivity contribution in [3.8, 4) is 0 Å². The normalized spacial score (nSPS) is 12.3. The molecule has 3 nitrogen and oxygen atoms in total. The van der Waals surface area contributed by atoms with Gasteiger partial charge < -0.3 is 14.8 Å². The van der Waals surface area contributed by atoms with E-state index in [9.17, 15) is 4.39 Å². The van der Waals surface area contributed by atoms with Crippen LogP contribution in [0.4, 0.5) is 4.39 Å². The van der Waals surface area contributed by atoms with Crippen LogP contribution in [0.15, 0.2) is 42.5 Å². The van der Waals surface area contributed by atoms with Crippen molar-refractivity contribution in [1.82, 2.24) is 5.32 Å². The van der Waals surface area contributed by atoms with E-state index >= 15 is 0 Å². The van der Waals surface area contributed by atoms with Crippen molar-refractivity contribution in [1.29, 1.82) is 0 Å². The number of nitrogens with one attached hydrogen (secondary N) is 1. The van der Waals surface area contributed by atoms with Crippen molar-refractivity contribution in [2.75, 3.05) is 33.4 Å². The highest BCUT2D eigenvalue weighted by molar-refractivity contribution is 5.37. The Balaban J connectivity index is 2.02. The van der Waals surface area contributed by atoms with Gasteiger partial charge in [0.15, 0.2) is 0 Å². The largest absolute Gasteiger partial charge is 0.383 e. The van der Waals surface area contributed by atoms with Crippen LogP contribution in [0.2, 0.25) is 0 Å². The molecule has 0 spiro atoms. The molecule has 0 saturated heterocycles. The van der Waals surface area contributed by atoms with E-state index in [2.05, 4.69) is 37.4 Å². The molecule has 2 aromatic carbocycles. The highest BCUT2D eigenvalue weighted by Gasteiger charge is 2.16. The number of ether oxygens (including phenoxy) is 2. The summed E-state index contributed by atoms with van der Waals surface area (Å²) < 4.78 is 24.7. The second-order valence-corrected chi connectivity index (χ2v) is 6.31. The quantitative estimate of drug-likeness (QED) is 0.661. The zero-order valence-corrected chi connectivity index (χ0v) is 15.3.